The number of rotatable bonds is 6. The third kappa shape index (κ3) is 5.10. The van der Waals surface area contributed by atoms with Crippen molar-refractivity contribution in [3.63, 3.8) is 0 Å². The minimum Gasteiger partial charge on any atom is -0.493 e. The molecule has 8 nitrogen and oxygen atoms in total. The summed E-state index contributed by atoms with van der Waals surface area (Å²) in [5.74, 6) is -1.44. The van der Waals surface area contributed by atoms with Gasteiger partial charge in [-0.1, -0.05) is 0 Å². The molecule has 33 heavy (non-hydrogen) atoms. The number of aromatic nitrogens is 1. The number of hydrogen-bond acceptors (Lipinski definition) is 6. The van der Waals surface area contributed by atoms with Gasteiger partial charge in [-0.2, -0.15) is 13.2 Å². The number of benzene rings is 1. The van der Waals surface area contributed by atoms with Crippen molar-refractivity contribution in [3.8, 4) is 5.75 Å². The number of sulfone groups is 1. The Labute approximate surface area is 188 Å². The lowest BCUT2D eigenvalue weighted by Crippen LogP contribution is -2.47. The molecule has 1 aliphatic heterocycles. The third-order valence-electron chi connectivity index (χ3n) is 5.60. The maximum Gasteiger partial charge on any atom is 0.417 e. The molecule has 178 valence electrons. The highest BCUT2D eigenvalue weighted by molar-refractivity contribution is 7.93. The molecule has 3 rings (SSSR count). The predicted molar refractivity (Wildman–Crippen MR) is 116 cm³/mol. The summed E-state index contributed by atoms with van der Waals surface area (Å²) >= 11 is 0. The van der Waals surface area contributed by atoms with Crippen molar-refractivity contribution in [1.29, 1.82) is 5.41 Å². The maximum absolute atomic E-state index is 12.9. The predicted octanol–water partition coefficient (Wildman–Crippen LogP) is 3.35. The van der Waals surface area contributed by atoms with E-state index in [1.54, 1.807) is 12.1 Å². The zero-order chi connectivity index (χ0) is 24.6. The Balaban J connectivity index is 1.82. The molecule has 0 saturated heterocycles. The molecule has 1 aromatic heterocycles. The van der Waals surface area contributed by atoms with Gasteiger partial charge in [0, 0.05) is 23.4 Å². The molecule has 1 aliphatic rings. The minimum atomic E-state index is -4.56. The van der Waals surface area contributed by atoms with Crippen LogP contribution in [0.3, 0.4) is 0 Å². The van der Waals surface area contributed by atoms with Crippen LogP contribution in [0.1, 0.15) is 47.8 Å². The van der Waals surface area contributed by atoms with Gasteiger partial charge in [0.2, 0.25) is 0 Å². The second-order valence-corrected chi connectivity index (χ2v) is 10.8. The second kappa shape index (κ2) is 8.65. The molecule has 0 aliphatic carbocycles. The van der Waals surface area contributed by atoms with Gasteiger partial charge in [-0.05, 0) is 50.6 Å². The van der Waals surface area contributed by atoms with Crippen LogP contribution >= 0.6 is 0 Å². The number of nitrogens with zero attached hydrogens (tertiary/aromatic N) is 1. The normalized spacial score (nSPS) is 16.5. The SMILES string of the molecule is CC(C)(C(=N)N)S(=O)(=O)CC1CCOc2ccc(NC(=O)c3ccc(C(F)(F)F)cn3)cc21. The van der Waals surface area contributed by atoms with Crippen molar-refractivity contribution in [3.05, 3.63) is 53.3 Å². The fourth-order valence-corrected chi connectivity index (χ4v) is 4.88. The van der Waals surface area contributed by atoms with E-state index >= 15 is 0 Å². The van der Waals surface area contributed by atoms with E-state index in [4.69, 9.17) is 15.9 Å². The van der Waals surface area contributed by atoms with Gasteiger partial charge in [-0.3, -0.25) is 15.2 Å². The molecule has 0 fully saturated rings. The first-order chi connectivity index (χ1) is 15.2. The number of anilines is 1. The summed E-state index contributed by atoms with van der Waals surface area (Å²) in [6.45, 7) is 3.05. The second-order valence-electron chi connectivity index (χ2n) is 8.18. The Morgan fingerprint density at radius 2 is 1.97 bits per heavy atom. The topological polar surface area (TPSA) is 135 Å². The number of ether oxygens (including phenoxy) is 1. The van der Waals surface area contributed by atoms with E-state index in [0.29, 0.717) is 36.2 Å². The molecule has 12 heteroatoms. The number of fused-ring (bicyclic) bond motifs is 1. The molecular formula is C21H23F3N4O4S. The van der Waals surface area contributed by atoms with Crippen LogP contribution in [0.5, 0.6) is 5.75 Å². The van der Waals surface area contributed by atoms with Crippen molar-refractivity contribution >= 4 is 27.3 Å². The van der Waals surface area contributed by atoms with E-state index in [9.17, 15) is 26.4 Å². The summed E-state index contributed by atoms with van der Waals surface area (Å²) in [6, 6.07) is 6.42. The number of halogens is 3. The van der Waals surface area contributed by atoms with E-state index in [-0.39, 0.29) is 11.4 Å². The first kappa shape index (κ1) is 24.5. The van der Waals surface area contributed by atoms with E-state index < -0.39 is 44.0 Å². The van der Waals surface area contributed by atoms with Gasteiger partial charge in [0.25, 0.3) is 5.91 Å². The monoisotopic (exact) mass is 484 g/mol. The van der Waals surface area contributed by atoms with Crippen molar-refractivity contribution in [2.45, 2.75) is 37.1 Å². The maximum atomic E-state index is 12.9. The fraction of sp³-hybridized carbons (Fsp3) is 0.381. The van der Waals surface area contributed by atoms with Crippen molar-refractivity contribution < 1.29 is 31.1 Å². The van der Waals surface area contributed by atoms with Gasteiger partial charge in [0.05, 0.1) is 17.9 Å². The van der Waals surface area contributed by atoms with E-state index in [1.165, 1.54) is 19.9 Å². The lowest BCUT2D eigenvalue weighted by molar-refractivity contribution is -0.137. The molecule has 4 N–H and O–H groups in total. The zero-order valence-electron chi connectivity index (χ0n) is 17.9. The van der Waals surface area contributed by atoms with Crippen LogP contribution in [-0.2, 0) is 16.0 Å². The third-order valence-corrected chi connectivity index (χ3v) is 8.22. The first-order valence-corrected chi connectivity index (χ1v) is 11.6. The van der Waals surface area contributed by atoms with E-state index in [1.807, 2.05) is 0 Å². The van der Waals surface area contributed by atoms with Gasteiger partial charge >= 0.3 is 6.18 Å². The highest BCUT2D eigenvalue weighted by Gasteiger charge is 2.40. The Hall–Kier alpha value is -3.15. The number of nitrogens with one attached hydrogen (secondary N) is 2. The number of alkyl halides is 3. The molecular weight excluding hydrogens is 461 g/mol. The van der Waals surface area contributed by atoms with Crippen LogP contribution in [0, 0.1) is 5.41 Å². The van der Waals surface area contributed by atoms with Gasteiger partial charge < -0.3 is 15.8 Å². The highest BCUT2D eigenvalue weighted by Crippen LogP contribution is 2.38. The van der Waals surface area contributed by atoms with Crippen LogP contribution in [0.4, 0.5) is 18.9 Å². The number of amidine groups is 1. The molecule has 2 heterocycles. The molecule has 0 bridgehead atoms. The molecule has 1 amide bonds. The molecule has 0 spiro atoms. The Bertz CT molecular complexity index is 1180. The van der Waals surface area contributed by atoms with Gasteiger partial charge in [0.15, 0.2) is 9.84 Å². The highest BCUT2D eigenvalue weighted by atomic mass is 32.2. The van der Waals surface area contributed by atoms with Crippen LogP contribution in [-0.4, -0.2) is 42.3 Å². The summed E-state index contributed by atoms with van der Waals surface area (Å²) in [5.41, 5.74) is 5.17. The molecule has 2 aromatic rings. The standard InChI is InChI=1S/C21H23F3N4O4S/c1-20(2,19(25)26)33(30,31)11-12-7-8-32-17-6-4-14(9-15(12)17)28-18(29)16-5-3-13(10-27-16)21(22,23)24/h3-6,9-10,12H,7-8,11H2,1-2H3,(H3,25,26)(H,28,29). The van der Waals surface area contributed by atoms with Crippen LogP contribution in [0.15, 0.2) is 36.5 Å². The molecule has 0 radical (unpaired) electrons. The van der Waals surface area contributed by atoms with Gasteiger partial charge in [0.1, 0.15) is 22.0 Å². The smallest absolute Gasteiger partial charge is 0.417 e. The minimum absolute atomic E-state index is 0.209. The number of amides is 1. The first-order valence-electron chi connectivity index (χ1n) is 9.90. The lowest BCUT2D eigenvalue weighted by atomic mass is 9.94. The van der Waals surface area contributed by atoms with Gasteiger partial charge in [-0.25, -0.2) is 8.42 Å². The van der Waals surface area contributed by atoms with Crippen molar-refractivity contribution in [2.75, 3.05) is 17.7 Å². The number of hydrogen-bond donors (Lipinski definition) is 3. The fourth-order valence-electron chi connectivity index (χ4n) is 3.25. The number of pyridine rings is 1. The summed E-state index contributed by atoms with van der Waals surface area (Å²) in [6.07, 6.45) is -3.59. The summed E-state index contributed by atoms with van der Waals surface area (Å²) in [5, 5.41) is 10.2. The largest absolute Gasteiger partial charge is 0.493 e. The van der Waals surface area contributed by atoms with Crippen molar-refractivity contribution in [2.24, 2.45) is 5.73 Å². The summed E-state index contributed by atoms with van der Waals surface area (Å²) in [4.78, 5) is 16.0. The molecule has 1 unspecified atom stereocenters. The average Bonchev–Trinajstić information content (AvgIpc) is 2.73. The van der Waals surface area contributed by atoms with Crippen molar-refractivity contribution in [1.82, 2.24) is 4.98 Å². The summed E-state index contributed by atoms with van der Waals surface area (Å²) in [7, 11) is -3.79. The number of carbonyl (C=O) groups is 1. The zero-order valence-corrected chi connectivity index (χ0v) is 18.7. The van der Waals surface area contributed by atoms with Gasteiger partial charge in [-0.15, -0.1) is 0 Å². The Kier molecular flexibility index (Phi) is 6.42. The Morgan fingerprint density at radius 3 is 2.55 bits per heavy atom. The molecule has 1 atom stereocenters. The average molecular weight is 485 g/mol. The van der Waals surface area contributed by atoms with E-state index in [0.717, 1.165) is 12.1 Å². The van der Waals surface area contributed by atoms with E-state index in [2.05, 4.69) is 10.3 Å². The number of carbonyl (C=O) groups excluding carboxylic acids is 1. The molecule has 0 saturated carbocycles. The summed E-state index contributed by atoms with van der Waals surface area (Å²) < 4.78 is 67.9. The quantitative estimate of drug-likeness (QED) is 0.425. The number of nitrogens with two attached hydrogens (primary N) is 1. The van der Waals surface area contributed by atoms with Crippen LogP contribution in [0.2, 0.25) is 0 Å². The van der Waals surface area contributed by atoms with Crippen LogP contribution < -0.4 is 15.8 Å². The Morgan fingerprint density at radius 1 is 1.27 bits per heavy atom. The van der Waals surface area contributed by atoms with Crippen LogP contribution in [0.25, 0.3) is 0 Å². The molecule has 1 aromatic carbocycles. The lowest BCUT2D eigenvalue weighted by Gasteiger charge is -2.30.